The zero-order chi connectivity index (χ0) is 16.4. The molecule has 1 N–H and O–H groups in total. The van der Waals surface area contributed by atoms with Gasteiger partial charge in [-0.25, -0.2) is 0 Å². The predicted octanol–water partition coefficient (Wildman–Crippen LogP) is 3.38. The van der Waals surface area contributed by atoms with Crippen molar-refractivity contribution in [2.24, 2.45) is 5.92 Å². The lowest BCUT2D eigenvalue weighted by Crippen LogP contribution is -2.51. The Labute approximate surface area is 143 Å². The van der Waals surface area contributed by atoms with Crippen LogP contribution in [0.2, 0.25) is 0 Å². The summed E-state index contributed by atoms with van der Waals surface area (Å²) >= 11 is 0. The predicted molar refractivity (Wildman–Crippen MR) is 94.5 cm³/mol. The Kier molecular flexibility index (Phi) is 4.40. The van der Waals surface area contributed by atoms with Gasteiger partial charge in [0.1, 0.15) is 11.8 Å². The van der Waals surface area contributed by atoms with Gasteiger partial charge in [0.25, 0.3) is 0 Å². The van der Waals surface area contributed by atoms with Gasteiger partial charge in [0, 0.05) is 13.1 Å². The second kappa shape index (κ2) is 6.67. The average molecular weight is 323 g/mol. The molecule has 3 nitrogen and oxygen atoms in total. The summed E-state index contributed by atoms with van der Waals surface area (Å²) in [7, 11) is 0. The molecule has 126 valence electrons. The summed E-state index contributed by atoms with van der Waals surface area (Å²) in [5.41, 5.74) is 0.652. The number of piperidine rings is 3. The van der Waals surface area contributed by atoms with Crippen LogP contribution in [0.25, 0.3) is 0 Å². The number of aliphatic hydroxyl groups is 1. The van der Waals surface area contributed by atoms with Crippen molar-refractivity contribution in [2.75, 3.05) is 19.7 Å². The Morgan fingerprint density at radius 1 is 0.917 bits per heavy atom. The highest BCUT2D eigenvalue weighted by atomic mass is 16.5. The molecule has 24 heavy (non-hydrogen) atoms. The van der Waals surface area contributed by atoms with Gasteiger partial charge in [-0.15, -0.1) is 0 Å². The molecule has 2 aromatic rings. The van der Waals surface area contributed by atoms with Crippen molar-refractivity contribution in [2.45, 2.75) is 31.1 Å². The first kappa shape index (κ1) is 15.8. The van der Waals surface area contributed by atoms with E-state index in [0.29, 0.717) is 0 Å². The van der Waals surface area contributed by atoms with Crippen LogP contribution in [0.1, 0.15) is 30.4 Å². The Hall–Kier alpha value is -1.68. The molecule has 3 aliphatic heterocycles. The largest absolute Gasteiger partial charge is 0.378 e. The number of nitrogens with zero attached hydrogens (tertiary/aromatic N) is 1. The fraction of sp³-hybridized carbons (Fsp3) is 0.429. The van der Waals surface area contributed by atoms with Gasteiger partial charge >= 0.3 is 0 Å². The van der Waals surface area contributed by atoms with Gasteiger partial charge in [0.05, 0.1) is 6.61 Å². The molecular formula is C21H25NO2. The highest BCUT2D eigenvalue weighted by Crippen LogP contribution is 2.35. The van der Waals surface area contributed by atoms with Crippen LogP contribution in [0.3, 0.4) is 0 Å². The molecule has 5 rings (SSSR count). The number of hydrogen-bond donors (Lipinski definition) is 1. The molecule has 0 spiro atoms. The summed E-state index contributed by atoms with van der Waals surface area (Å²) in [6.07, 6.45) is 3.83. The van der Waals surface area contributed by atoms with Crippen LogP contribution >= 0.6 is 0 Å². The van der Waals surface area contributed by atoms with Gasteiger partial charge in [0.2, 0.25) is 0 Å². The lowest BCUT2D eigenvalue weighted by molar-refractivity contribution is -0.151. The molecule has 3 heteroatoms. The van der Waals surface area contributed by atoms with Crippen molar-refractivity contribution in [3.8, 4) is 0 Å². The maximum Gasteiger partial charge on any atom is 0.138 e. The Bertz CT molecular complexity index is 611. The van der Waals surface area contributed by atoms with Gasteiger partial charge < -0.3 is 9.84 Å². The van der Waals surface area contributed by atoms with Crippen LogP contribution in [0.5, 0.6) is 0 Å². The zero-order valence-electron chi connectivity index (χ0n) is 14.0. The molecule has 2 bridgehead atoms. The van der Waals surface area contributed by atoms with Crippen molar-refractivity contribution in [3.05, 3.63) is 71.8 Å². The van der Waals surface area contributed by atoms with Crippen LogP contribution in [-0.2, 0) is 10.3 Å². The standard InChI is InChI=1S/C21H25NO2/c23-21(18-7-3-1-4-8-18,19-9-5-2-6-10-19)16-24-20-15-17-11-13-22(20)14-12-17/h1-10,17,20,23H,11-16H2. The molecule has 3 saturated heterocycles. The average Bonchev–Trinajstić information content (AvgIpc) is 2.68. The summed E-state index contributed by atoms with van der Waals surface area (Å²) in [6.45, 7) is 2.55. The third-order valence-electron chi connectivity index (χ3n) is 5.58. The second-order valence-corrected chi connectivity index (χ2v) is 7.07. The first-order valence-corrected chi connectivity index (χ1v) is 8.95. The molecule has 3 aliphatic rings. The monoisotopic (exact) mass is 323 g/mol. The minimum absolute atomic E-state index is 0.149. The van der Waals surface area contributed by atoms with E-state index in [1.165, 1.54) is 12.8 Å². The van der Waals surface area contributed by atoms with Gasteiger partial charge in [-0.3, -0.25) is 4.90 Å². The smallest absolute Gasteiger partial charge is 0.138 e. The summed E-state index contributed by atoms with van der Waals surface area (Å²) < 4.78 is 6.27. The minimum Gasteiger partial charge on any atom is -0.378 e. The van der Waals surface area contributed by atoms with E-state index in [1.807, 2.05) is 60.7 Å². The molecule has 0 saturated carbocycles. The van der Waals surface area contributed by atoms with Crippen molar-refractivity contribution in [3.63, 3.8) is 0 Å². The van der Waals surface area contributed by atoms with Gasteiger partial charge in [0.15, 0.2) is 0 Å². The molecule has 1 unspecified atom stereocenters. The maximum absolute atomic E-state index is 11.5. The van der Waals surface area contributed by atoms with E-state index in [9.17, 15) is 5.11 Å². The molecule has 1 atom stereocenters. The van der Waals surface area contributed by atoms with Crippen LogP contribution < -0.4 is 0 Å². The normalized spacial score (nSPS) is 26.5. The van der Waals surface area contributed by atoms with Crippen LogP contribution in [0, 0.1) is 5.92 Å². The highest BCUT2D eigenvalue weighted by molar-refractivity contribution is 5.36. The van der Waals surface area contributed by atoms with Crippen molar-refractivity contribution < 1.29 is 9.84 Å². The number of ether oxygens (including phenoxy) is 1. The third kappa shape index (κ3) is 3.00. The van der Waals surface area contributed by atoms with Gasteiger partial charge in [-0.1, -0.05) is 60.7 Å². The first-order chi connectivity index (χ1) is 11.8. The van der Waals surface area contributed by atoms with E-state index in [-0.39, 0.29) is 12.8 Å². The fourth-order valence-electron chi connectivity index (χ4n) is 4.06. The molecule has 0 aliphatic carbocycles. The summed E-state index contributed by atoms with van der Waals surface area (Å²) in [6, 6.07) is 19.7. The van der Waals surface area contributed by atoms with Crippen LogP contribution in [0.4, 0.5) is 0 Å². The molecule has 0 radical (unpaired) electrons. The summed E-state index contributed by atoms with van der Waals surface area (Å²) in [5.74, 6) is 0.793. The lowest BCUT2D eigenvalue weighted by atomic mass is 9.86. The maximum atomic E-state index is 11.5. The second-order valence-electron chi connectivity index (χ2n) is 7.07. The van der Waals surface area contributed by atoms with Crippen molar-refractivity contribution in [1.82, 2.24) is 4.90 Å². The molecule has 3 fully saturated rings. The van der Waals surface area contributed by atoms with Gasteiger partial charge in [-0.05, 0) is 36.3 Å². The van der Waals surface area contributed by atoms with Crippen molar-refractivity contribution in [1.29, 1.82) is 0 Å². The number of rotatable bonds is 5. The Morgan fingerprint density at radius 2 is 1.46 bits per heavy atom. The quantitative estimate of drug-likeness (QED) is 0.915. The van der Waals surface area contributed by atoms with E-state index in [2.05, 4.69) is 4.90 Å². The molecule has 3 heterocycles. The first-order valence-electron chi connectivity index (χ1n) is 8.95. The Balaban J connectivity index is 1.57. The highest BCUT2D eigenvalue weighted by Gasteiger charge is 2.38. The molecule has 2 aromatic carbocycles. The van der Waals surface area contributed by atoms with Crippen LogP contribution in [-0.4, -0.2) is 35.9 Å². The summed E-state index contributed by atoms with van der Waals surface area (Å²) in [4.78, 5) is 2.43. The zero-order valence-corrected chi connectivity index (χ0v) is 14.0. The minimum atomic E-state index is -1.11. The van der Waals surface area contributed by atoms with E-state index in [4.69, 9.17) is 4.74 Å². The van der Waals surface area contributed by atoms with Crippen molar-refractivity contribution >= 4 is 0 Å². The van der Waals surface area contributed by atoms with Crippen LogP contribution in [0.15, 0.2) is 60.7 Å². The molecule has 0 amide bonds. The molecular weight excluding hydrogens is 298 g/mol. The van der Waals surface area contributed by atoms with E-state index >= 15 is 0 Å². The fourth-order valence-corrected chi connectivity index (χ4v) is 4.06. The van der Waals surface area contributed by atoms with E-state index in [0.717, 1.165) is 36.6 Å². The number of fused-ring (bicyclic) bond motifs is 3. The lowest BCUT2D eigenvalue weighted by Gasteiger charge is -2.45. The van der Waals surface area contributed by atoms with E-state index < -0.39 is 5.60 Å². The molecule has 0 aromatic heterocycles. The number of hydrogen-bond acceptors (Lipinski definition) is 3. The topological polar surface area (TPSA) is 32.7 Å². The summed E-state index contributed by atoms with van der Waals surface area (Å²) in [5, 5.41) is 11.5. The Morgan fingerprint density at radius 3 is 1.92 bits per heavy atom. The number of benzene rings is 2. The SMILES string of the molecule is OC(COC1CC2CCN1CC2)(c1ccccc1)c1ccccc1. The van der Waals surface area contributed by atoms with Gasteiger partial charge in [-0.2, -0.15) is 0 Å². The third-order valence-corrected chi connectivity index (χ3v) is 5.58. The van der Waals surface area contributed by atoms with E-state index in [1.54, 1.807) is 0 Å².